The third kappa shape index (κ3) is 11.0. The Balaban J connectivity index is 1.35. The molecule has 0 aliphatic carbocycles. The zero-order valence-electron chi connectivity index (χ0n) is 25.3. The van der Waals surface area contributed by atoms with Crippen molar-refractivity contribution in [3.8, 4) is 5.75 Å². The first-order valence-electron chi connectivity index (χ1n) is 13.8. The maximum absolute atomic E-state index is 12.5. The molecule has 4 aromatic rings. The van der Waals surface area contributed by atoms with E-state index in [1.165, 1.54) is 60.7 Å². The molecule has 23 heteroatoms. The quantitative estimate of drug-likeness (QED) is 0.0811. The number of rotatable bonds is 14. The number of aromatic nitrogens is 3. The number of nitrogens with one attached hydrogen (secondary N) is 4. The summed E-state index contributed by atoms with van der Waals surface area (Å²) in [6.45, 7) is 0.841. The van der Waals surface area contributed by atoms with Crippen LogP contribution in [0.15, 0.2) is 76.5 Å². The lowest BCUT2D eigenvalue weighted by molar-refractivity contribution is -0.133. The number of amides is 2. The molecule has 4 N–H and O–H groups in total. The third-order valence-corrected chi connectivity index (χ3v) is 9.21. The first kappa shape index (κ1) is 37.8. The van der Waals surface area contributed by atoms with Gasteiger partial charge in [-0.2, -0.15) is 15.0 Å². The van der Waals surface area contributed by atoms with Crippen molar-refractivity contribution in [3.05, 3.63) is 72.0 Å². The van der Waals surface area contributed by atoms with Crippen LogP contribution < -0.4 is 26.0 Å². The average molecular weight is 770 g/mol. The van der Waals surface area contributed by atoms with Gasteiger partial charge in [-0.25, -0.2) is 25.3 Å². The van der Waals surface area contributed by atoms with Gasteiger partial charge in [0.2, 0.25) is 27.6 Å². The van der Waals surface area contributed by atoms with Crippen LogP contribution in [0.5, 0.6) is 5.75 Å². The zero-order chi connectivity index (χ0) is 36.7. The van der Waals surface area contributed by atoms with E-state index in [1.54, 1.807) is 6.92 Å². The van der Waals surface area contributed by atoms with Crippen LogP contribution in [0.2, 0.25) is 5.28 Å². The topological polar surface area (TPSA) is 288 Å². The second-order valence-electron chi connectivity index (χ2n) is 9.61. The summed E-state index contributed by atoms with van der Waals surface area (Å²) in [6.07, 6.45) is 0. The first-order chi connectivity index (χ1) is 23.4. The van der Waals surface area contributed by atoms with Crippen molar-refractivity contribution in [1.29, 1.82) is 0 Å². The fourth-order valence-corrected chi connectivity index (χ4v) is 6.18. The van der Waals surface area contributed by atoms with Gasteiger partial charge < -0.3 is 35.1 Å². The summed E-state index contributed by atoms with van der Waals surface area (Å²) in [6, 6.07) is 14.4. The van der Waals surface area contributed by atoms with Gasteiger partial charge in [-0.1, -0.05) is 0 Å². The number of anilines is 6. The Morgan fingerprint density at radius 1 is 0.740 bits per heavy atom. The SMILES string of the molecule is CCOc1ccc(NC(=O)C(=O)Nc2ccc(Nc3nc(Cl)nc(Nc4ccc(S(=O)(=O)CCOS(=O)(=O)[O-])cc4)n3)cc2)cc1S(=O)(=O)[O-]. The van der Waals surface area contributed by atoms with E-state index in [9.17, 15) is 43.9 Å². The molecule has 0 aliphatic heterocycles. The predicted molar refractivity (Wildman–Crippen MR) is 175 cm³/mol. The average Bonchev–Trinajstić information content (AvgIpc) is 3.01. The minimum Gasteiger partial charge on any atom is -0.744 e. The van der Waals surface area contributed by atoms with Crippen LogP contribution in [0.25, 0.3) is 0 Å². The van der Waals surface area contributed by atoms with Crippen molar-refractivity contribution in [2.75, 3.05) is 40.2 Å². The summed E-state index contributed by atoms with van der Waals surface area (Å²) in [5, 5.41) is 10.1. The van der Waals surface area contributed by atoms with Gasteiger partial charge >= 0.3 is 11.8 Å². The van der Waals surface area contributed by atoms with E-state index in [0.717, 1.165) is 6.07 Å². The molecule has 0 saturated heterocycles. The van der Waals surface area contributed by atoms with Crippen molar-refractivity contribution in [2.24, 2.45) is 0 Å². The van der Waals surface area contributed by atoms with Gasteiger partial charge in [-0.05, 0) is 85.3 Å². The standard InChI is InChI=1S/C27H26ClN7O12S3/c1-2-46-21-12-9-19(15-22(21)49(40,41)42)30-24(37)23(36)29-16-3-5-17(6-4-16)31-26-33-25(28)34-27(35-26)32-18-7-10-20(11-8-18)48(38,39)14-13-47-50(43,44)45/h3-12,15H,2,13-14H2,1H3,(H,29,36)(H,30,37)(H,40,41,42)(H,43,44,45)(H2,31,32,33,34,35)/p-2. The highest BCUT2D eigenvalue weighted by Gasteiger charge is 2.18. The van der Waals surface area contributed by atoms with Crippen molar-refractivity contribution in [2.45, 2.75) is 16.7 Å². The number of ether oxygens (including phenoxy) is 1. The Labute approximate surface area is 290 Å². The number of carbonyl (C=O) groups is 2. The van der Waals surface area contributed by atoms with Crippen LogP contribution in [0.4, 0.5) is 34.6 Å². The number of carbonyl (C=O) groups excluding carboxylic acids is 2. The lowest BCUT2D eigenvalue weighted by Crippen LogP contribution is -2.29. The molecule has 0 aliphatic rings. The summed E-state index contributed by atoms with van der Waals surface area (Å²) in [7, 11) is -13.9. The highest BCUT2D eigenvalue weighted by atomic mass is 35.5. The molecule has 50 heavy (non-hydrogen) atoms. The second kappa shape index (κ2) is 15.7. The van der Waals surface area contributed by atoms with Crippen LogP contribution in [-0.2, 0) is 44.1 Å². The Kier molecular flexibility index (Phi) is 11.9. The Bertz CT molecular complexity index is 2220. The molecule has 1 heterocycles. The van der Waals surface area contributed by atoms with E-state index in [-0.39, 0.29) is 45.8 Å². The molecular weight excluding hydrogens is 746 g/mol. The minimum absolute atomic E-state index is 0.00833. The Morgan fingerprint density at radius 2 is 1.24 bits per heavy atom. The van der Waals surface area contributed by atoms with Gasteiger partial charge in [0.25, 0.3) is 0 Å². The molecule has 1 aromatic heterocycles. The second-order valence-corrected chi connectivity index (χ2v) is 14.5. The summed E-state index contributed by atoms with van der Waals surface area (Å²) in [5.41, 5.74) is 0.843. The summed E-state index contributed by atoms with van der Waals surface area (Å²) >= 11 is 6.04. The fourth-order valence-electron chi connectivity index (χ4n) is 3.90. The summed E-state index contributed by atoms with van der Waals surface area (Å²) in [5.74, 6) is -3.22. The van der Waals surface area contributed by atoms with Gasteiger partial charge in [0.1, 0.15) is 15.9 Å². The lowest BCUT2D eigenvalue weighted by Gasteiger charge is -2.15. The Morgan fingerprint density at radius 3 is 1.76 bits per heavy atom. The first-order valence-corrected chi connectivity index (χ1v) is 18.5. The van der Waals surface area contributed by atoms with Gasteiger partial charge in [0, 0.05) is 22.7 Å². The zero-order valence-corrected chi connectivity index (χ0v) is 28.5. The largest absolute Gasteiger partial charge is 0.744 e. The number of benzene rings is 3. The number of hydrogen-bond donors (Lipinski definition) is 4. The third-order valence-electron chi connectivity index (χ3n) is 6.03. The van der Waals surface area contributed by atoms with Crippen molar-refractivity contribution in [1.82, 2.24) is 15.0 Å². The van der Waals surface area contributed by atoms with E-state index in [0.29, 0.717) is 11.4 Å². The van der Waals surface area contributed by atoms with E-state index in [4.69, 9.17) is 16.3 Å². The molecule has 0 fully saturated rings. The normalized spacial score (nSPS) is 11.8. The van der Waals surface area contributed by atoms with E-state index < -0.39 is 59.4 Å². The molecule has 0 bridgehead atoms. The molecule has 0 saturated carbocycles. The van der Waals surface area contributed by atoms with Crippen LogP contribution in [0.3, 0.4) is 0 Å². The molecule has 0 atom stereocenters. The fraction of sp³-hybridized carbons (Fsp3) is 0.148. The molecule has 0 radical (unpaired) electrons. The molecule has 3 aromatic carbocycles. The molecule has 19 nitrogen and oxygen atoms in total. The van der Waals surface area contributed by atoms with Crippen molar-refractivity contribution >= 4 is 88.4 Å². The van der Waals surface area contributed by atoms with E-state index >= 15 is 0 Å². The molecule has 266 valence electrons. The number of nitrogens with zero attached hydrogens (tertiary/aromatic N) is 3. The maximum atomic E-state index is 12.5. The molecular formula is C27H24ClN7O12S3-2. The molecule has 0 spiro atoms. The maximum Gasteiger partial charge on any atom is 0.314 e. The number of hydrogen-bond acceptors (Lipinski definition) is 17. The highest BCUT2D eigenvalue weighted by Crippen LogP contribution is 2.27. The van der Waals surface area contributed by atoms with Crippen LogP contribution >= 0.6 is 11.6 Å². The van der Waals surface area contributed by atoms with E-state index in [1.807, 2.05) is 0 Å². The van der Waals surface area contributed by atoms with Crippen LogP contribution in [0.1, 0.15) is 6.92 Å². The minimum atomic E-state index is -5.03. The van der Waals surface area contributed by atoms with E-state index in [2.05, 4.69) is 40.4 Å². The van der Waals surface area contributed by atoms with Crippen molar-refractivity contribution < 1.29 is 52.9 Å². The smallest absolute Gasteiger partial charge is 0.314 e. The highest BCUT2D eigenvalue weighted by molar-refractivity contribution is 7.91. The van der Waals surface area contributed by atoms with Gasteiger partial charge in [0.15, 0.2) is 9.84 Å². The van der Waals surface area contributed by atoms with Gasteiger partial charge in [-0.15, -0.1) is 0 Å². The van der Waals surface area contributed by atoms with Crippen LogP contribution in [-0.4, -0.2) is 80.1 Å². The number of sulfone groups is 1. The van der Waals surface area contributed by atoms with Crippen molar-refractivity contribution in [3.63, 3.8) is 0 Å². The summed E-state index contributed by atoms with van der Waals surface area (Å²) < 4.78 is 100. The van der Waals surface area contributed by atoms with Crippen LogP contribution in [0, 0.1) is 0 Å². The molecule has 2 amide bonds. The monoisotopic (exact) mass is 769 g/mol. The Hall–Kier alpha value is -4.97. The molecule has 4 rings (SSSR count). The number of halogens is 1. The molecule has 0 unspecified atom stereocenters. The lowest BCUT2D eigenvalue weighted by atomic mass is 10.2. The summed E-state index contributed by atoms with van der Waals surface area (Å²) in [4.78, 5) is 36.2. The predicted octanol–water partition coefficient (Wildman–Crippen LogP) is 2.14. The van der Waals surface area contributed by atoms with Gasteiger partial charge in [-0.3, -0.25) is 13.8 Å². The van der Waals surface area contributed by atoms with Gasteiger partial charge in [0.05, 0.1) is 28.8 Å².